The van der Waals surface area contributed by atoms with Gasteiger partial charge in [-0.2, -0.15) is 4.98 Å². The van der Waals surface area contributed by atoms with E-state index in [-0.39, 0.29) is 28.2 Å². The minimum Gasteiger partial charge on any atom is -0.353 e. The van der Waals surface area contributed by atoms with Gasteiger partial charge in [0, 0.05) is 55.5 Å². The molecular weight excluding hydrogens is 939 g/mol. The first kappa shape index (κ1) is 44.8. The predicted molar refractivity (Wildman–Crippen MR) is 291 cm³/mol. The number of H-pyrrole nitrogens is 2. The van der Waals surface area contributed by atoms with Crippen molar-refractivity contribution in [1.29, 1.82) is 0 Å². The van der Waals surface area contributed by atoms with Crippen molar-refractivity contribution in [3.05, 3.63) is 276 Å². The third kappa shape index (κ3) is 8.18. The van der Waals surface area contributed by atoms with Gasteiger partial charge in [0.25, 0.3) is 11.7 Å². The van der Waals surface area contributed by atoms with Crippen molar-refractivity contribution in [2.75, 3.05) is 0 Å². The molecule has 3 aromatic heterocycles. The van der Waals surface area contributed by atoms with Gasteiger partial charge < -0.3 is 9.97 Å². The maximum atomic E-state index is 6.01. The number of hydrogen-bond donors (Lipinski definition) is 2. The molecule has 8 nitrogen and oxygen atoms in total. The number of aromatic amines is 2. The van der Waals surface area contributed by atoms with Crippen LogP contribution in [-0.4, -0.2) is 40.8 Å². The van der Waals surface area contributed by atoms with Crippen LogP contribution in [0.15, 0.2) is 248 Å². The van der Waals surface area contributed by atoms with Crippen molar-refractivity contribution < 1.29 is 16.5 Å². The molecule has 8 aromatic carbocycles. The molecule has 8 bridgehead atoms. The van der Waals surface area contributed by atoms with Crippen molar-refractivity contribution >= 4 is 45.3 Å². The molecule has 0 fully saturated rings. The number of aliphatic imine (C=N–C) groups is 1. The molecule has 0 aliphatic carbocycles. The summed E-state index contributed by atoms with van der Waals surface area (Å²) < 4.78 is 0. The fourth-order valence-corrected chi connectivity index (χ4v) is 10.1. The molecule has 0 radical (unpaired) electrons. The summed E-state index contributed by atoms with van der Waals surface area (Å²) in [6.45, 7) is 0. The summed E-state index contributed by atoms with van der Waals surface area (Å²) in [5, 5.41) is 9.57. The summed E-state index contributed by atoms with van der Waals surface area (Å²) in [5.41, 5.74) is 19.4. The molecule has 5 heterocycles. The molecule has 73 heavy (non-hydrogen) atoms. The van der Waals surface area contributed by atoms with Gasteiger partial charge in [-0.15, -0.1) is 10.2 Å². The smallest absolute Gasteiger partial charge is 0.254 e. The Bertz CT molecular complexity index is 4030. The van der Waals surface area contributed by atoms with Crippen LogP contribution in [0.5, 0.6) is 0 Å². The molecule has 13 rings (SSSR count). The molecule has 11 aromatic rings. The summed E-state index contributed by atoms with van der Waals surface area (Å²) in [4.78, 5) is 29.5. The number of nitrogens with zero attached hydrogens (tertiary/aromatic N) is 6. The van der Waals surface area contributed by atoms with Crippen LogP contribution in [-0.2, 0) is 16.5 Å². The van der Waals surface area contributed by atoms with Gasteiger partial charge >= 0.3 is 0 Å². The zero-order valence-electron chi connectivity index (χ0n) is 39.1. The standard InChI is InChI=1S/C64H42N8.Ni/c1-9-25-41(26-10-1)49-50(42-27-11-2-12-28-42)59-54(46-35-19-6-20-36-46)61-56(48-39-23-8-24-40-48)67-63(68-61)70-64-69-62(71-72-64)55(47-37-21-7-22-38-47)60-52(44-31-15-4-16-32-44)51(43-29-13-3-14-30-43)58(66-60)53(57(49)65-59)45-33-17-5-18-34-45;/h1-40,65H,(H,67,68,69,70,71,72);. The SMILES string of the molecule is [Ni].c1ccc(C2=Nc3nc2c(-c2ccccc2)c2[nH]c(c(-c4ccccc4)c4nc(c(-c5ccccc5)c5nnc(n3)[nH]5)C(c3ccccc3)=C4c3ccccc3)c(-c3ccccc3)c2-c2ccccc2)cc1. The molecule has 0 saturated heterocycles. The molecule has 0 unspecified atom stereocenters. The second-order valence-electron chi connectivity index (χ2n) is 17.6. The van der Waals surface area contributed by atoms with Crippen molar-refractivity contribution in [2.45, 2.75) is 0 Å². The first-order chi connectivity index (χ1) is 35.7. The van der Waals surface area contributed by atoms with Crippen molar-refractivity contribution in [3.63, 3.8) is 0 Å². The van der Waals surface area contributed by atoms with Crippen LogP contribution in [0.2, 0.25) is 0 Å². The van der Waals surface area contributed by atoms with Gasteiger partial charge in [-0.1, -0.05) is 243 Å². The minimum absolute atomic E-state index is 0. The number of hydrogen-bond acceptors (Lipinski definition) is 6. The fraction of sp³-hybridized carbons (Fsp3) is 0. The third-order valence-corrected chi connectivity index (χ3v) is 13.2. The van der Waals surface area contributed by atoms with Crippen LogP contribution >= 0.6 is 0 Å². The van der Waals surface area contributed by atoms with E-state index in [1.54, 1.807) is 0 Å². The van der Waals surface area contributed by atoms with E-state index in [0.29, 0.717) is 17.1 Å². The summed E-state index contributed by atoms with van der Waals surface area (Å²) in [6.07, 6.45) is 0. The summed E-state index contributed by atoms with van der Waals surface area (Å²) in [5.74, 6) is 0.501. The van der Waals surface area contributed by atoms with E-state index < -0.39 is 0 Å². The van der Waals surface area contributed by atoms with Gasteiger partial charge in [-0.25, -0.2) is 15.0 Å². The number of fused-ring (bicyclic) bond motifs is 8. The molecule has 2 N–H and O–H groups in total. The average Bonchev–Trinajstić information content (AvgIpc) is 4.27. The predicted octanol–water partition coefficient (Wildman–Crippen LogP) is 15.0. The third-order valence-electron chi connectivity index (χ3n) is 13.2. The molecule has 9 heteroatoms. The fourth-order valence-electron chi connectivity index (χ4n) is 10.1. The van der Waals surface area contributed by atoms with Crippen molar-refractivity contribution in [2.24, 2.45) is 4.99 Å². The zero-order chi connectivity index (χ0) is 47.8. The van der Waals surface area contributed by atoms with Crippen LogP contribution < -0.4 is 0 Å². The van der Waals surface area contributed by atoms with E-state index in [9.17, 15) is 0 Å². The Morgan fingerprint density at radius 2 is 0.616 bits per heavy atom. The average molecular weight is 982 g/mol. The van der Waals surface area contributed by atoms with Gasteiger partial charge in [0.1, 0.15) is 11.4 Å². The van der Waals surface area contributed by atoms with E-state index in [4.69, 9.17) is 30.1 Å². The van der Waals surface area contributed by atoms with E-state index in [2.05, 4.69) is 210 Å². The summed E-state index contributed by atoms with van der Waals surface area (Å²) in [7, 11) is 0. The minimum atomic E-state index is 0. The Morgan fingerprint density at radius 3 is 1.04 bits per heavy atom. The first-order valence-corrected chi connectivity index (χ1v) is 24.0. The van der Waals surface area contributed by atoms with E-state index in [1.165, 1.54) is 0 Å². The Hall–Kier alpha value is -9.43. The van der Waals surface area contributed by atoms with Gasteiger partial charge in [-0.05, 0) is 38.9 Å². The maximum absolute atomic E-state index is 6.01. The van der Waals surface area contributed by atoms with E-state index in [0.717, 1.165) is 106 Å². The molecule has 0 saturated carbocycles. The normalized spacial score (nSPS) is 12.0. The van der Waals surface area contributed by atoms with Crippen LogP contribution in [0.3, 0.4) is 0 Å². The van der Waals surface area contributed by atoms with Crippen LogP contribution in [0.1, 0.15) is 33.8 Å². The number of nitrogens with one attached hydrogen (secondary N) is 2. The molecule has 2 aliphatic rings. The Kier molecular flexibility index (Phi) is 11.9. The van der Waals surface area contributed by atoms with E-state index in [1.807, 2.05) is 42.5 Å². The van der Waals surface area contributed by atoms with Crippen LogP contribution in [0.25, 0.3) is 89.2 Å². The zero-order valence-corrected chi connectivity index (χ0v) is 40.1. The Balaban J connectivity index is 0.00000543. The number of benzene rings is 8. The molecular formula is C64H42N8Ni. The molecule has 0 atom stereocenters. The molecule has 0 spiro atoms. The number of rotatable bonds is 8. The quantitative estimate of drug-likeness (QED) is 0.147. The van der Waals surface area contributed by atoms with Crippen LogP contribution in [0, 0.1) is 0 Å². The Morgan fingerprint density at radius 1 is 0.274 bits per heavy atom. The second kappa shape index (κ2) is 19.4. The van der Waals surface area contributed by atoms with Crippen molar-refractivity contribution in [1.82, 2.24) is 35.1 Å². The monoisotopic (exact) mass is 980 g/mol. The topological polar surface area (TPSA) is 108 Å². The second-order valence-corrected chi connectivity index (χ2v) is 17.6. The molecule has 0 amide bonds. The van der Waals surface area contributed by atoms with Crippen LogP contribution in [0.4, 0.5) is 5.95 Å². The molecule has 348 valence electrons. The summed E-state index contributed by atoms with van der Waals surface area (Å²) >= 11 is 0. The Labute approximate surface area is 431 Å². The molecule has 2 aliphatic heterocycles. The van der Waals surface area contributed by atoms with Crippen molar-refractivity contribution in [3.8, 4) is 55.6 Å². The maximum Gasteiger partial charge on any atom is 0.254 e. The summed E-state index contributed by atoms with van der Waals surface area (Å²) in [6, 6.07) is 84.1. The van der Waals surface area contributed by atoms with Gasteiger partial charge in [0.05, 0.1) is 28.0 Å². The first-order valence-electron chi connectivity index (χ1n) is 24.0. The van der Waals surface area contributed by atoms with Gasteiger partial charge in [-0.3, -0.25) is 0 Å². The van der Waals surface area contributed by atoms with Gasteiger partial charge in [0.15, 0.2) is 5.65 Å². The van der Waals surface area contributed by atoms with Gasteiger partial charge in [0.2, 0.25) is 0 Å². The van der Waals surface area contributed by atoms with E-state index >= 15 is 0 Å². The largest absolute Gasteiger partial charge is 0.353 e. The number of aromatic nitrogens is 7.